The van der Waals surface area contributed by atoms with Gasteiger partial charge in [0.25, 0.3) is 0 Å². The summed E-state index contributed by atoms with van der Waals surface area (Å²) in [7, 11) is 1.96. The average molecular weight is 317 g/mol. The minimum Gasteiger partial charge on any atom is -0.369 e. The fourth-order valence-corrected chi connectivity index (χ4v) is 2.98. The molecule has 5 heteroatoms. The lowest BCUT2D eigenvalue weighted by atomic mass is 9.97. The van der Waals surface area contributed by atoms with E-state index in [1.807, 2.05) is 18.9 Å². The van der Waals surface area contributed by atoms with Gasteiger partial charge < -0.3 is 10.6 Å². The number of likely N-dealkylation sites (tertiary alicyclic amines) is 1. The number of likely N-dealkylation sites (N-methyl/N-ethyl adjacent to an activating group) is 1. The number of aryl methyl sites for hydroxylation is 1. The largest absolute Gasteiger partial charge is 0.369 e. The number of rotatable bonds is 5. The fourth-order valence-electron chi connectivity index (χ4n) is 2.98. The fraction of sp³-hybridized carbons (Fsp3) is 0.556. The molecule has 1 saturated heterocycles. The molecule has 1 aromatic rings. The molecular weight excluding hydrogens is 290 g/mol. The molecule has 0 spiro atoms. The van der Waals surface area contributed by atoms with E-state index in [0.29, 0.717) is 13.1 Å². The van der Waals surface area contributed by atoms with Crippen LogP contribution in [0.15, 0.2) is 24.3 Å². The van der Waals surface area contributed by atoms with Crippen LogP contribution in [-0.4, -0.2) is 47.8 Å². The van der Waals surface area contributed by atoms with Crippen LogP contribution in [0.2, 0.25) is 0 Å². The highest BCUT2D eigenvalue weighted by Gasteiger charge is 2.30. The van der Waals surface area contributed by atoms with E-state index in [1.165, 1.54) is 11.1 Å². The Morgan fingerprint density at radius 1 is 1.35 bits per heavy atom. The normalized spacial score (nSPS) is 19.7. The molecule has 0 radical (unpaired) electrons. The van der Waals surface area contributed by atoms with Gasteiger partial charge >= 0.3 is 0 Å². The number of carbonyl (C=O) groups excluding carboxylic acids is 2. The number of carbonyl (C=O) groups is 2. The molecule has 0 bridgehead atoms. The Labute approximate surface area is 138 Å². The first kappa shape index (κ1) is 17.5. The van der Waals surface area contributed by atoms with Crippen LogP contribution >= 0.6 is 0 Å². The number of primary amides is 1. The summed E-state index contributed by atoms with van der Waals surface area (Å²) in [5.74, 6) is -0.434. The van der Waals surface area contributed by atoms with Gasteiger partial charge in [0.15, 0.2) is 0 Å². The van der Waals surface area contributed by atoms with Gasteiger partial charge in [-0.25, -0.2) is 0 Å². The molecule has 1 heterocycles. The molecule has 0 aromatic heterocycles. The van der Waals surface area contributed by atoms with Crippen LogP contribution in [0.4, 0.5) is 0 Å². The molecule has 2 rings (SSSR count). The van der Waals surface area contributed by atoms with E-state index in [1.54, 1.807) is 4.90 Å². The Morgan fingerprint density at radius 2 is 2.00 bits per heavy atom. The Bertz CT molecular complexity index is 556. The van der Waals surface area contributed by atoms with Crippen LogP contribution < -0.4 is 5.73 Å². The average Bonchev–Trinajstić information content (AvgIpc) is 2.55. The van der Waals surface area contributed by atoms with Crippen molar-refractivity contribution in [2.75, 3.05) is 20.1 Å². The second kappa shape index (κ2) is 7.59. The summed E-state index contributed by atoms with van der Waals surface area (Å²) in [5.41, 5.74) is 7.81. The first-order valence-corrected chi connectivity index (χ1v) is 8.22. The summed E-state index contributed by atoms with van der Waals surface area (Å²) in [5, 5.41) is 0. The number of nitrogens with two attached hydrogens (primary N) is 1. The number of hydrogen-bond acceptors (Lipinski definition) is 3. The molecule has 126 valence electrons. The molecule has 2 atom stereocenters. The number of amides is 2. The molecule has 1 fully saturated rings. The quantitative estimate of drug-likeness (QED) is 0.896. The highest BCUT2D eigenvalue weighted by molar-refractivity contribution is 5.83. The van der Waals surface area contributed by atoms with Crippen molar-refractivity contribution in [1.29, 1.82) is 0 Å². The Kier molecular flexibility index (Phi) is 5.77. The molecule has 1 aliphatic rings. The van der Waals surface area contributed by atoms with Crippen molar-refractivity contribution in [2.45, 2.75) is 39.3 Å². The first-order chi connectivity index (χ1) is 10.9. The highest BCUT2D eigenvalue weighted by Crippen LogP contribution is 2.18. The van der Waals surface area contributed by atoms with Gasteiger partial charge in [0.2, 0.25) is 11.8 Å². The predicted molar refractivity (Wildman–Crippen MR) is 90.6 cm³/mol. The van der Waals surface area contributed by atoms with Crippen molar-refractivity contribution in [3.63, 3.8) is 0 Å². The summed E-state index contributed by atoms with van der Waals surface area (Å²) in [6.45, 7) is 5.87. The van der Waals surface area contributed by atoms with Gasteiger partial charge in [0.1, 0.15) is 0 Å². The second-order valence-corrected chi connectivity index (χ2v) is 6.60. The van der Waals surface area contributed by atoms with Gasteiger partial charge in [-0.1, -0.05) is 29.8 Å². The van der Waals surface area contributed by atoms with Crippen molar-refractivity contribution in [3.05, 3.63) is 35.4 Å². The third-order valence-electron chi connectivity index (χ3n) is 4.71. The molecule has 2 N–H and O–H groups in total. The van der Waals surface area contributed by atoms with Gasteiger partial charge in [-0.05, 0) is 39.3 Å². The Hall–Kier alpha value is -1.88. The molecule has 1 aliphatic heterocycles. The highest BCUT2D eigenvalue weighted by atomic mass is 16.2. The van der Waals surface area contributed by atoms with Gasteiger partial charge in [-0.3, -0.25) is 14.5 Å². The van der Waals surface area contributed by atoms with E-state index in [4.69, 9.17) is 5.73 Å². The van der Waals surface area contributed by atoms with Gasteiger partial charge in [-0.15, -0.1) is 0 Å². The lowest BCUT2D eigenvalue weighted by Crippen LogP contribution is -2.50. The topological polar surface area (TPSA) is 66.6 Å². The molecular formula is C18H27N3O2. The first-order valence-electron chi connectivity index (χ1n) is 8.22. The predicted octanol–water partition coefficient (Wildman–Crippen LogP) is 1.54. The molecule has 23 heavy (non-hydrogen) atoms. The number of nitrogens with zero attached hydrogens (tertiary/aromatic N) is 2. The van der Waals surface area contributed by atoms with E-state index in [2.05, 4.69) is 31.2 Å². The van der Waals surface area contributed by atoms with Crippen LogP contribution in [0.1, 0.15) is 30.9 Å². The van der Waals surface area contributed by atoms with Crippen molar-refractivity contribution < 1.29 is 9.59 Å². The third-order valence-corrected chi connectivity index (χ3v) is 4.71. The molecule has 0 saturated carbocycles. The minimum absolute atomic E-state index is 0.0746. The van der Waals surface area contributed by atoms with E-state index in [-0.39, 0.29) is 23.8 Å². The zero-order valence-corrected chi connectivity index (χ0v) is 14.3. The zero-order chi connectivity index (χ0) is 17.0. The second-order valence-electron chi connectivity index (χ2n) is 6.60. The molecule has 5 nitrogen and oxygen atoms in total. The minimum atomic E-state index is -0.303. The zero-order valence-electron chi connectivity index (χ0n) is 14.3. The molecule has 0 aliphatic carbocycles. The monoisotopic (exact) mass is 317 g/mol. The summed E-state index contributed by atoms with van der Waals surface area (Å²) >= 11 is 0. The third kappa shape index (κ3) is 4.55. The molecule has 2 amide bonds. The summed E-state index contributed by atoms with van der Waals surface area (Å²) < 4.78 is 0. The summed E-state index contributed by atoms with van der Waals surface area (Å²) in [6.07, 6.45) is 1.63. The van der Waals surface area contributed by atoms with E-state index in [9.17, 15) is 9.59 Å². The maximum Gasteiger partial charge on any atom is 0.239 e. The van der Waals surface area contributed by atoms with Crippen LogP contribution in [0.5, 0.6) is 0 Å². The maximum atomic E-state index is 12.7. The number of benzene rings is 1. The number of hydrogen-bond donors (Lipinski definition) is 1. The van der Waals surface area contributed by atoms with E-state index in [0.717, 1.165) is 19.4 Å². The SMILES string of the molecule is Cc1ccc(CN(C)C(C)C(=O)N2CCCC(C(N)=O)C2)cc1. The van der Waals surface area contributed by atoms with Gasteiger partial charge in [0.05, 0.1) is 12.0 Å². The smallest absolute Gasteiger partial charge is 0.239 e. The molecule has 2 unspecified atom stereocenters. The van der Waals surface area contributed by atoms with Crippen molar-refractivity contribution >= 4 is 11.8 Å². The van der Waals surface area contributed by atoms with Crippen molar-refractivity contribution in [3.8, 4) is 0 Å². The Morgan fingerprint density at radius 3 is 2.61 bits per heavy atom. The summed E-state index contributed by atoms with van der Waals surface area (Å²) in [4.78, 5) is 27.9. The van der Waals surface area contributed by atoms with E-state index >= 15 is 0 Å². The van der Waals surface area contributed by atoms with Gasteiger partial charge in [-0.2, -0.15) is 0 Å². The maximum absolute atomic E-state index is 12.7. The lowest BCUT2D eigenvalue weighted by molar-refractivity contribution is -0.139. The van der Waals surface area contributed by atoms with Crippen LogP contribution in [-0.2, 0) is 16.1 Å². The Balaban J connectivity index is 1.95. The standard InChI is InChI=1S/C18H27N3O2/c1-13-6-8-15(9-7-13)11-20(3)14(2)18(23)21-10-4-5-16(12-21)17(19)22/h6-9,14,16H,4-5,10-12H2,1-3H3,(H2,19,22). The number of piperidine rings is 1. The van der Waals surface area contributed by atoms with Crippen molar-refractivity contribution in [2.24, 2.45) is 11.7 Å². The molecule has 1 aromatic carbocycles. The van der Waals surface area contributed by atoms with Crippen molar-refractivity contribution in [1.82, 2.24) is 9.80 Å². The van der Waals surface area contributed by atoms with Crippen LogP contribution in [0, 0.1) is 12.8 Å². The summed E-state index contributed by atoms with van der Waals surface area (Å²) in [6, 6.07) is 8.12. The van der Waals surface area contributed by atoms with Crippen LogP contribution in [0.3, 0.4) is 0 Å². The lowest BCUT2D eigenvalue weighted by Gasteiger charge is -2.35. The van der Waals surface area contributed by atoms with E-state index < -0.39 is 0 Å². The van der Waals surface area contributed by atoms with Gasteiger partial charge in [0, 0.05) is 19.6 Å². The van der Waals surface area contributed by atoms with Crippen LogP contribution in [0.25, 0.3) is 0 Å².